The molecular formula is C27H26Cl2N6O4S. The van der Waals surface area contributed by atoms with E-state index in [4.69, 9.17) is 32.7 Å². The maximum absolute atomic E-state index is 12.5. The van der Waals surface area contributed by atoms with E-state index in [9.17, 15) is 13.7 Å². The molecule has 0 saturated carbocycles. The van der Waals surface area contributed by atoms with E-state index in [1.807, 2.05) is 38.1 Å². The number of aromatic nitrogens is 4. The Morgan fingerprint density at radius 1 is 1.10 bits per heavy atom. The highest BCUT2D eigenvalue weighted by atomic mass is 35.5. The van der Waals surface area contributed by atoms with Gasteiger partial charge in [0.1, 0.15) is 25.0 Å². The quantitative estimate of drug-likeness (QED) is 0.236. The molecule has 1 N–H and O–H groups in total. The number of anilines is 1. The first-order chi connectivity index (χ1) is 19.0. The van der Waals surface area contributed by atoms with Crippen molar-refractivity contribution < 1.29 is 17.9 Å². The van der Waals surface area contributed by atoms with Gasteiger partial charge in [0.25, 0.3) is 10.0 Å². The van der Waals surface area contributed by atoms with Gasteiger partial charge in [0.2, 0.25) is 5.95 Å². The van der Waals surface area contributed by atoms with E-state index in [-0.39, 0.29) is 30.1 Å². The molecule has 0 radical (unpaired) electrons. The summed E-state index contributed by atoms with van der Waals surface area (Å²) in [6, 6.07) is 16.2. The maximum atomic E-state index is 12.5. The Bertz CT molecular complexity index is 1650. The minimum Gasteiger partial charge on any atom is -0.489 e. The van der Waals surface area contributed by atoms with E-state index in [1.54, 1.807) is 25.2 Å². The first-order valence-corrected chi connectivity index (χ1v) is 14.4. The number of nitrogens with zero attached hydrogens (tertiary/aromatic N) is 5. The van der Waals surface area contributed by atoms with Crippen LogP contribution in [0.15, 0.2) is 66.0 Å². The van der Waals surface area contributed by atoms with Crippen molar-refractivity contribution in [2.24, 2.45) is 7.05 Å². The SMILES string of the molecule is Cn1ccc(S(=O)(=O)Nc2nccc(COc3ccc(C(C)(C)c4cc(Cl)c(OCCCl)c(C#N)c4)cc3)n2)n1. The van der Waals surface area contributed by atoms with Gasteiger partial charge in [-0.1, -0.05) is 37.6 Å². The number of rotatable bonds is 11. The van der Waals surface area contributed by atoms with Crippen LogP contribution in [0.2, 0.25) is 5.02 Å². The van der Waals surface area contributed by atoms with Crippen LogP contribution < -0.4 is 14.2 Å². The number of nitrogens with one attached hydrogen (secondary N) is 1. The van der Waals surface area contributed by atoms with Crippen molar-refractivity contribution in [3.8, 4) is 17.6 Å². The summed E-state index contributed by atoms with van der Waals surface area (Å²) >= 11 is 12.2. The highest BCUT2D eigenvalue weighted by Crippen LogP contribution is 2.38. The summed E-state index contributed by atoms with van der Waals surface area (Å²) in [4.78, 5) is 8.22. The molecule has 0 aliphatic heterocycles. The second kappa shape index (κ2) is 12.1. The molecule has 2 aromatic heterocycles. The Balaban J connectivity index is 1.45. The van der Waals surface area contributed by atoms with Gasteiger partial charge in [-0.2, -0.15) is 18.8 Å². The summed E-state index contributed by atoms with van der Waals surface area (Å²) < 4.78 is 40.2. The highest BCUT2D eigenvalue weighted by molar-refractivity contribution is 7.92. The predicted octanol–water partition coefficient (Wildman–Crippen LogP) is 5.06. The van der Waals surface area contributed by atoms with E-state index >= 15 is 0 Å². The van der Waals surface area contributed by atoms with Gasteiger partial charge in [0.15, 0.2) is 10.8 Å². The molecule has 0 unspecified atom stereocenters. The van der Waals surface area contributed by atoms with Crippen molar-refractivity contribution in [3.05, 3.63) is 88.3 Å². The molecule has 0 fully saturated rings. The Morgan fingerprint density at radius 2 is 1.85 bits per heavy atom. The minimum atomic E-state index is -3.92. The predicted molar refractivity (Wildman–Crippen MR) is 151 cm³/mol. The van der Waals surface area contributed by atoms with Gasteiger partial charge in [-0.3, -0.25) is 4.68 Å². The van der Waals surface area contributed by atoms with E-state index < -0.39 is 15.4 Å². The lowest BCUT2D eigenvalue weighted by atomic mass is 9.77. The van der Waals surface area contributed by atoms with Crippen LogP contribution in [0.3, 0.4) is 0 Å². The zero-order valence-electron chi connectivity index (χ0n) is 21.9. The molecule has 4 rings (SSSR count). The first kappa shape index (κ1) is 29.1. The van der Waals surface area contributed by atoms with Crippen molar-refractivity contribution in [3.63, 3.8) is 0 Å². The lowest BCUT2D eigenvalue weighted by Crippen LogP contribution is -2.19. The molecule has 0 bridgehead atoms. The topological polar surface area (TPSA) is 132 Å². The average molecular weight is 602 g/mol. The molecule has 0 saturated heterocycles. The van der Waals surface area contributed by atoms with Gasteiger partial charge in [-0.15, -0.1) is 11.6 Å². The number of sulfonamides is 1. The van der Waals surface area contributed by atoms with Gasteiger partial charge in [-0.25, -0.2) is 14.7 Å². The summed E-state index contributed by atoms with van der Waals surface area (Å²) in [5.74, 6) is 1.12. The third kappa shape index (κ3) is 6.65. The second-order valence-electron chi connectivity index (χ2n) is 9.23. The van der Waals surface area contributed by atoms with Crippen molar-refractivity contribution in [2.45, 2.75) is 30.9 Å². The van der Waals surface area contributed by atoms with E-state index in [1.165, 1.54) is 23.1 Å². The summed E-state index contributed by atoms with van der Waals surface area (Å²) in [5, 5.41) is 13.7. The fourth-order valence-electron chi connectivity index (χ4n) is 3.85. The molecule has 208 valence electrons. The van der Waals surface area contributed by atoms with Gasteiger partial charge >= 0.3 is 0 Å². The van der Waals surface area contributed by atoms with Gasteiger partial charge in [-0.05, 0) is 47.5 Å². The Labute approximate surface area is 242 Å². The van der Waals surface area contributed by atoms with E-state index in [2.05, 4.69) is 25.9 Å². The smallest absolute Gasteiger partial charge is 0.283 e. The third-order valence-corrected chi connectivity index (χ3v) is 7.73. The number of alkyl halides is 1. The molecule has 2 heterocycles. The standard InChI is InChI=1S/C27H26Cl2N6O4S/c1-27(2,20-14-18(16-30)25(23(29)15-20)38-13-10-28)19-4-6-22(7-5-19)39-17-21-8-11-31-26(32-21)34-40(36,37)24-9-12-35(3)33-24/h4-9,11-12,14-15H,10,13,17H2,1-3H3,(H,31,32,34). The summed E-state index contributed by atoms with van der Waals surface area (Å²) in [6.07, 6.45) is 2.97. The number of benzene rings is 2. The molecule has 0 atom stereocenters. The van der Waals surface area contributed by atoms with Crippen LogP contribution in [0.5, 0.6) is 11.5 Å². The molecule has 4 aromatic rings. The molecule has 0 spiro atoms. The summed E-state index contributed by atoms with van der Waals surface area (Å²) in [5.41, 5.74) is 2.16. The lowest BCUT2D eigenvalue weighted by molar-refractivity contribution is 0.301. The molecule has 13 heteroatoms. The number of aryl methyl sites for hydroxylation is 1. The number of hydrogen-bond acceptors (Lipinski definition) is 8. The van der Waals surface area contributed by atoms with E-state index in [0.717, 1.165) is 11.1 Å². The number of nitriles is 1. The number of hydrogen-bond donors (Lipinski definition) is 1. The molecule has 0 aliphatic rings. The Kier molecular flexibility index (Phi) is 8.83. The number of halogens is 2. The number of ether oxygens (including phenoxy) is 2. The molecule has 0 amide bonds. The molecule has 10 nitrogen and oxygen atoms in total. The van der Waals surface area contributed by atoms with Gasteiger partial charge < -0.3 is 9.47 Å². The Hall–Kier alpha value is -3.85. The van der Waals surface area contributed by atoms with Crippen molar-refractivity contribution in [2.75, 3.05) is 17.2 Å². The molecule has 0 aliphatic carbocycles. The zero-order chi connectivity index (χ0) is 28.9. The van der Waals surface area contributed by atoms with Crippen LogP contribution in [0.25, 0.3) is 0 Å². The second-order valence-corrected chi connectivity index (χ2v) is 11.6. The zero-order valence-corrected chi connectivity index (χ0v) is 24.3. The lowest BCUT2D eigenvalue weighted by Gasteiger charge is -2.27. The Morgan fingerprint density at radius 3 is 2.50 bits per heavy atom. The van der Waals surface area contributed by atoms with Crippen LogP contribution in [-0.4, -0.2) is 40.7 Å². The van der Waals surface area contributed by atoms with Gasteiger partial charge in [0, 0.05) is 24.9 Å². The fourth-order valence-corrected chi connectivity index (χ4v) is 5.12. The monoisotopic (exact) mass is 600 g/mol. The largest absolute Gasteiger partial charge is 0.489 e. The normalized spacial score (nSPS) is 11.6. The van der Waals surface area contributed by atoms with Crippen LogP contribution >= 0.6 is 23.2 Å². The van der Waals surface area contributed by atoms with Crippen LogP contribution in [-0.2, 0) is 29.1 Å². The van der Waals surface area contributed by atoms with Crippen molar-refractivity contribution in [1.29, 1.82) is 5.26 Å². The van der Waals surface area contributed by atoms with Crippen molar-refractivity contribution >= 4 is 39.2 Å². The van der Waals surface area contributed by atoms with Crippen LogP contribution in [0.1, 0.15) is 36.2 Å². The van der Waals surface area contributed by atoms with E-state index in [0.29, 0.717) is 27.8 Å². The molecule has 40 heavy (non-hydrogen) atoms. The molecule has 2 aromatic carbocycles. The minimum absolute atomic E-state index is 0.0849. The van der Waals surface area contributed by atoms with Crippen LogP contribution in [0.4, 0.5) is 5.95 Å². The van der Waals surface area contributed by atoms with Crippen molar-refractivity contribution in [1.82, 2.24) is 19.7 Å². The highest BCUT2D eigenvalue weighted by Gasteiger charge is 2.26. The van der Waals surface area contributed by atoms with Gasteiger partial charge in [0.05, 0.1) is 22.2 Å². The average Bonchev–Trinajstić information content (AvgIpc) is 3.38. The summed E-state index contributed by atoms with van der Waals surface area (Å²) in [7, 11) is -2.29. The maximum Gasteiger partial charge on any atom is 0.283 e. The third-order valence-electron chi connectivity index (χ3n) is 6.08. The summed E-state index contributed by atoms with van der Waals surface area (Å²) in [6.45, 7) is 4.40. The fraction of sp³-hybridized carbons (Fsp3) is 0.259. The molecular weight excluding hydrogens is 575 g/mol. The first-order valence-electron chi connectivity index (χ1n) is 12.0. The van der Waals surface area contributed by atoms with Crippen LogP contribution in [0, 0.1) is 11.3 Å².